The Balaban J connectivity index is 1.58. The van der Waals surface area contributed by atoms with Crippen molar-refractivity contribution in [3.8, 4) is 11.4 Å². The molecule has 2 fully saturated rings. The summed E-state index contributed by atoms with van der Waals surface area (Å²) in [7, 11) is 0. The summed E-state index contributed by atoms with van der Waals surface area (Å²) in [6.07, 6.45) is 3.53. The lowest BCUT2D eigenvalue weighted by atomic mass is 9.80. The Kier molecular flexibility index (Phi) is 3.84. The minimum absolute atomic E-state index is 0.0987. The lowest BCUT2D eigenvalue weighted by Gasteiger charge is -2.24. The molecule has 4 rings (SSSR count). The summed E-state index contributed by atoms with van der Waals surface area (Å²) in [6, 6.07) is 9.85. The fraction of sp³-hybridized carbons (Fsp3) is 0.500. The number of carboxylic acids is 1. The van der Waals surface area contributed by atoms with E-state index in [1.807, 2.05) is 30.3 Å². The molecule has 0 bridgehead atoms. The van der Waals surface area contributed by atoms with Crippen LogP contribution in [-0.2, 0) is 10.2 Å². The van der Waals surface area contributed by atoms with Crippen LogP contribution in [0.1, 0.15) is 31.6 Å². The number of benzene rings is 1. The Hall–Kier alpha value is -2.21. The highest BCUT2D eigenvalue weighted by atomic mass is 16.5. The smallest absolute Gasteiger partial charge is 0.304 e. The quantitative estimate of drug-likeness (QED) is 0.909. The predicted octanol–water partition coefficient (Wildman–Crippen LogP) is 2.56. The van der Waals surface area contributed by atoms with Crippen LogP contribution in [0.25, 0.3) is 11.4 Å². The van der Waals surface area contributed by atoms with Gasteiger partial charge in [-0.15, -0.1) is 0 Å². The van der Waals surface area contributed by atoms with Crippen LogP contribution in [-0.4, -0.2) is 45.8 Å². The van der Waals surface area contributed by atoms with Crippen LogP contribution >= 0.6 is 0 Å². The van der Waals surface area contributed by atoms with Crippen molar-refractivity contribution >= 4 is 5.97 Å². The van der Waals surface area contributed by atoms with E-state index in [1.54, 1.807) is 0 Å². The molecule has 0 radical (unpaired) electrons. The molecule has 2 atom stereocenters. The van der Waals surface area contributed by atoms with Crippen molar-refractivity contribution in [3.05, 3.63) is 36.2 Å². The van der Waals surface area contributed by atoms with Crippen molar-refractivity contribution in [1.29, 1.82) is 0 Å². The average Bonchev–Trinajstić information content (AvgIpc) is 3.27. The monoisotopic (exact) mass is 327 g/mol. The first-order valence-electron chi connectivity index (χ1n) is 8.51. The van der Waals surface area contributed by atoms with Gasteiger partial charge >= 0.3 is 5.97 Å². The molecule has 6 heteroatoms. The molecule has 0 amide bonds. The standard InChI is InChI=1S/C18H21N3O3/c22-15(23)8-10-21-11-14-7-4-9-18(14,12-21)17-19-16(20-24-17)13-5-2-1-3-6-13/h1-3,5-6,14H,4,7-12H2,(H,22,23)/t14-,18-/m1/s1. The maximum Gasteiger partial charge on any atom is 0.304 e. The minimum Gasteiger partial charge on any atom is -0.481 e. The van der Waals surface area contributed by atoms with E-state index in [1.165, 1.54) is 6.42 Å². The van der Waals surface area contributed by atoms with Gasteiger partial charge in [0.05, 0.1) is 11.8 Å². The maximum atomic E-state index is 10.8. The normalized spacial score (nSPS) is 26.6. The summed E-state index contributed by atoms with van der Waals surface area (Å²) >= 11 is 0. The fourth-order valence-corrected chi connectivity index (χ4v) is 4.30. The number of hydrogen-bond acceptors (Lipinski definition) is 5. The third-order valence-corrected chi connectivity index (χ3v) is 5.47. The molecule has 0 unspecified atom stereocenters. The van der Waals surface area contributed by atoms with E-state index in [0.29, 0.717) is 18.3 Å². The van der Waals surface area contributed by atoms with Gasteiger partial charge in [0.2, 0.25) is 11.7 Å². The van der Waals surface area contributed by atoms with Gasteiger partial charge < -0.3 is 14.5 Å². The zero-order valence-corrected chi connectivity index (χ0v) is 13.5. The first-order valence-corrected chi connectivity index (χ1v) is 8.51. The maximum absolute atomic E-state index is 10.8. The van der Waals surface area contributed by atoms with Crippen LogP contribution in [0.5, 0.6) is 0 Å². The van der Waals surface area contributed by atoms with E-state index in [9.17, 15) is 4.79 Å². The summed E-state index contributed by atoms with van der Waals surface area (Å²) < 4.78 is 5.68. The first-order chi connectivity index (χ1) is 11.7. The molecule has 1 aromatic heterocycles. The third kappa shape index (κ3) is 2.60. The van der Waals surface area contributed by atoms with E-state index in [-0.39, 0.29) is 11.8 Å². The van der Waals surface area contributed by atoms with E-state index in [2.05, 4.69) is 10.1 Å². The lowest BCUT2D eigenvalue weighted by Crippen LogP contribution is -2.33. The Morgan fingerprint density at radius 1 is 1.38 bits per heavy atom. The van der Waals surface area contributed by atoms with Gasteiger partial charge in [-0.2, -0.15) is 4.98 Å². The van der Waals surface area contributed by atoms with Crippen molar-refractivity contribution in [3.63, 3.8) is 0 Å². The lowest BCUT2D eigenvalue weighted by molar-refractivity contribution is -0.137. The Morgan fingerprint density at radius 3 is 3.00 bits per heavy atom. The topological polar surface area (TPSA) is 79.5 Å². The number of nitrogens with zero attached hydrogens (tertiary/aromatic N) is 3. The minimum atomic E-state index is -0.745. The molecule has 1 saturated carbocycles. The summed E-state index contributed by atoms with van der Waals surface area (Å²) in [6.45, 7) is 2.34. The molecule has 1 aliphatic heterocycles. The van der Waals surface area contributed by atoms with Gasteiger partial charge in [0.1, 0.15) is 0 Å². The number of aliphatic carboxylic acids is 1. The molecule has 24 heavy (non-hydrogen) atoms. The van der Waals surface area contributed by atoms with Gasteiger partial charge in [-0.05, 0) is 18.8 Å². The number of rotatable bonds is 5. The SMILES string of the molecule is O=C(O)CCN1C[C@H]2CCC[C@@]2(c2nc(-c3ccccc3)no2)C1. The molecule has 126 valence electrons. The summed E-state index contributed by atoms with van der Waals surface area (Å²) in [5.41, 5.74) is 0.859. The predicted molar refractivity (Wildman–Crippen MR) is 87.4 cm³/mol. The highest BCUT2D eigenvalue weighted by Gasteiger charge is 2.54. The molecule has 1 saturated heterocycles. The summed E-state index contributed by atoms with van der Waals surface area (Å²) in [5, 5.41) is 13.1. The van der Waals surface area contributed by atoms with E-state index in [4.69, 9.17) is 14.6 Å². The van der Waals surface area contributed by atoms with Crippen LogP contribution in [0.4, 0.5) is 0 Å². The molecule has 0 spiro atoms. The van der Waals surface area contributed by atoms with Crippen LogP contribution in [0, 0.1) is 5.92 Å². The van der Waals surface area contributed by atoms with Crippen LogP contribution in [0.15, 0.2) is 34.9 Å². The number of fused-ring (bicyclic) bond motifs is 1. The van der Waals surface area contributed by atoms with Crippen LogP contribution < -0.4 is 0 Å². The Morgan fingerprint density at radius 2 is 2.21 bits per heavy atom. The van der Waals surface area contributed by atoms with Crippen molar-refractivity contribution in [2.75, 3.05) is 19.6 Å². The second-order valence-electron chi connectivity index (χ2n) is 6.91. The molecular weight excluding hydrogens is 306 g/mol. The van der Waals surface area contributed by atoms with Crippen molar-refractivity contribution in [1.82, 2.24) is 15.0 Å². The molecule has 6 nitrogen and oxygen atoms in total. The third-order valence-electron chi connectivity index (χ3n) is 5.47. The fourth-order valence-electron chi connectivity index (χ4n) is 4.30. The molecular formula is C18H21N3O3. The first kappa shape index (κ1) is 15.3. The second-order valence-corrected chi connectivity index (χ2v) is 6.91. The van der Waals surface area contributed by atoms with Gasteiger partial charge in [-0.1, -0.05) is 41.9 Å². The second kappa shape index (κ2) is 6.02. The van der Waals surface area contributed by atoms with Gasteiger partial charge in [0.25, 0.3) is 0 Å². The van der Waals surface area contributed by atoms with Gasteiger partial charge in [0.15, 0.2) is 0 Å². The average molecular weight is 327 g/mol. The molecule has 1 N–H and O–H groups in total. The van der Waals surface area contributed by atoms with Crippen molar-refractivity contribution in [2.24, 2.45) is 5.92 Å². The molecule has 2 aliphatic rings. The molecule has 2 heterocycles. The molecule has 2 aromatic rings. The number of carboxylic acid groups (broad SMARTS) is 1. The summed E-state index contributed by atoms with van der Waals surface area (Å²) in [4.78, 5) is 17.8. The Labute approximate surface area is 140 Å². The van der Waals surface area contributed by atoms with Crippen LogP contribution in [0.2, 0.25) is 0 Å². The van der Waals surface area contributed by atoms with E-state index in [0.717, 1.165) is 37.4 Å². The highest BCUT2D eigenvalue weighted by molar-refractivity contribution is 5.66. The van der Waals surface area contributed by atoms with Gasteiger partial charge in [0, 0.05) is 25.2 Å². The van der Waals surface area contributed by atoms with Gasteiger partial charge in [-0.25, -0.2) is 0 Å². The zero-order valence-electron chi connectivity index (χ0n) is 13.5. The molecule has 1 aromatic carbocycles. The number of carbonyl (C=O) groups is 1. The van der Waals surface area contributed by atoms with Gasteiger partial charge in [-0.3, -0.25) is 4.79 Å². The molecule has 1 aliphatic carbocycles. The zero-order chi connectivity index (χ0) is 16.6. The van der Waals surface area contributed by atoms with E-state index >= 15 is 0 Å². The highest BCUT2D eigenvalue weighted by Crippen LogP contribution is 2.50. The number of hydrogen-bond donors (Lipinski definition) is 1. The number of likely N-dealkylation sites (tertiary alicyclic amines) is 1. The van der Waals surface area contributed by atoms with Crippen molar-refractivity contribution in [2.45, 2.75) is 31.1 Å². The summed E-state index contributed by atoms with van der Waals surface area (Å²) in [5.74, 6) is 1.09. The Bertz CT molecular complexity index is 730. The largest absolute Gasteiger partial charge is 0.481 e. The van der Waals surface area contributed by atoms with Crippen molar-refractivity contribution < 1.29 is 14.4 Å². The number of aromatic nitrogens is 2. The van der Waals surface area contributed by atoms with E-state index < -0.39 is 5.97 Å². The van der Waals surface area contributed by atoms with Crippen LogP contribution in [0.3, 0.4) is 0 Å².